The van der Waals surface area contributed by atoms with Crippen LogP contribution in [-0.2, 0) is 10.2 Å². The predicted octanol–water partition coefficient (Wildman–Crippen LogP) is 3.06. The fourth-order valence-corrected chi connectivity index (χ4v) is 1.63. The number of carbonyl (C=O) groups is 2. The molecule has 0 heterocycles. The van der Waals surface area contributed by atoms with Gasteiger partial charge in [0.2, 0.25) is 0 Å². The van der Waals surface area contributed by atoms with E-state index >= 15 is 0 Å². The molecule has 2 heteroatoms. The summed E-state index contributed by atoms with van der Waals surface area (Å²) in [5, 5.41) is 0. The first-order valence-electron chi connectivity index (χ1n) is 5.44. The second-order valence-electron chi connectivity index (χ2n) is 5.07. The fourth-order valence-electron chi connectivity index (χ4n) is 1.63. The van der Waals surface area contributed by atoms with E-state index in [1.165, 1.54) is 5.56 Å². The first kappa shape index (κ1) is 12.6. The molecule has 0 saturated heterocycles. The summed E-state index contributed by atoms with van der Waals surface area (Å²) in [6.45, 7) is 8.31. The van der Waals surface area contributed by atoms with Gasteiger partial charge in [-0.15, -0.1) is 0 Å². The zero-order valence-corrected chi connectivity index (χ0v) is 10.3. The Morgan fingerprint density at radius 3 is 2.38 bits per heavy atom. The highest BCUT2D eigenvalue weighted by Gasteiger charge is 2.16. The van der Waals surface area contributed by atoms with Crippen molar-refractivity contribution in [3.05, 3.63) is 34.9 Å². The first-order valence-corrected chi connectivity index (χ1v) is 5.44. The SMILES string of the molecule is Cc1cc(C(C)(C)C)ccc1C(=O)CC=O. The lowest BCUT2D eigenvalue weighted by Gasteiger charge is -2.20. The molecule has 1 aromatic carbocycles. The minimum atomic E-state index is -0.104. The van der Waals surface area contributed by atoms with Gasteiger partial charge >= 0.3 is 0 Å². The molecule has 0 aliphatic heterocycles. The largest absolute Gasteiger partial charge is 0.303 e. The molecule has 0 radical (unpaired) electrons. The summed E-state index contributed by atoms with van der Waals surface area (Å²) in [4.78, 5) is 21.9. The quantitative estimate of drug-likeness (QED) is 0.444. The van der Waals surface area contributed by atoms with Crippen LogP contribution in [0.15, 0.2) is 18.2 Å². The van der Waals surface area contributed by atoms with Gasteiger partial charge in [-0.2, -0.15) is 0 Å². The van der Waals surface area contributed by atoms with Crippen molar-refractivity contribution in [1.82, 2.24) is 0 Å². The standard InChI is InChI=1S/C14H18O2/c1-10-9-11(14(2,3)4)5-6-12(10)13(16)7-8-15/h5-6,8-9H,7H2,1-4H3. The second-order valence-corrected chi connectivity index (χ2v) is 5.07. The number of ketones is 1. The van der Waals surface area contributed by atoms with E-state index in [4.69, 9.17) is 0 Å². The molecule has 0 aliphatic carbocycles. The van der Waals surface area contributed by atoms with Crippen molar-refractivity contribution in [3.63, 3.8) is 0 Å². The molecule has 0 aromatic heterocycles. The van der Waals surface area contributed by atoms with E-state index in [2.05, 4.69) is 20.8 Å². The Labute approximate surface area is 96.7 Å². The number of carbonyl (C=O) groups excluding carboxylic acids is 2. The van der Waals surface area contributed by atoms with Gasteiger partial charge in [-0.25, -0.2) is 0 Å². The molecule has 2 nitrogen and oxygen atoms in total. The van der Waals surface area contributed by atoms with Crippen LogP contribution in [0.25, 0.3) is 0 Å². The van der Waals surface area contributed by atoms with Gasteiger partial charge in [0, 0.05) is 5.56 Å². The van der Waals surface area contributed by atoms with Gasteiger partial charge in [-0.1, -0.05) is 39.0 Å². The fraction of sp³-hybridized carbons (Fsp3) is 0.429. The van der Waals surface area contributed by atoms with E-state index in [0.717, 1.165) is 5.56 Å². The van der Waals surface area contributed by atoms with E-state index in [9.17, 15) is 9.59 Å². The summed E-state index contributed by atoms with van der Waals surface area (Å²) < 4.78 is 0. The predicted molar refractivity (Wildman–Crippen MR) is 64.9 cm³/mol. The van der Waals surface area contributed by atoms with Crippen molar-refractivity contribution in [2.24, 2.45) is 0 Å². The highest BCUT2D eigenvalue weighted by atomic mass is 16.1. The average Bonchev–Trinajstić information content (AvgIpc) is 2.16. The van der Waals surface area contributed by atoms with E-state index in [1.54, 1.807) is 0 Å². The van der Waals surface area contributed by atoms with E-state index in [0.29, 0.717) is 11.8 Å². The minimum Gasteiger partial charge on any atom is -0.303 e. The van der Waals surface area contributed by atoms with Crippen LogP contribution in [0, 0.1) is 6.92 Å². The Bertz CT molecular complexity index is 411. The van der Waals surface area contributed by atoms with Crippen molar-refractivity contribution in [2.75, 3.05) is 0 Å². The van der Waals surface area contributed by atoms with Gasteiger partial charge in [0.15, 0.2) is 5.78 Å². The molecule has 0 fully saturated rings. The molecular formula is C14H18O2. The van der Waals surface area contributed by atoms with Crippen LogP contribution in [0.3, 0.4) is 0 Å². The van der Waals surface area contributed by atoms with Crippen LogP contribution < -0.4 is 0 Å². The average molecular weight is 218 g/mol. The lowest BCUT2D eigenvalue weighted by atomic mass is 9.85. The van der Waals surface area contributed by atoms with Crippen LogP contribution in [-0.4, -0.2) is 12.1 Å². The summed E-state index contributed by atoms with van der Waals surface area (Å²) >= 11 is 0. The van der Waals surface area contributed by atoms with Gasteiger partial charge in [-0.05, 0) is 23.5 Å². The molecule has 0 amide bonds. The molecule has 0 spiro atoms. The Morgan fingerprint density at radius 1 is 1.31 bits per heavy atom. The van der Waals surface area contributed by atoms with E-state index < -0.39 is 0 Å². The number of hydrogen-bond donors (Lipinski definition) is 0. The topological polar surface area (TPSA) is 34.1 Å². The number of aldehydes is 1. The monoisotopic (exact) mass is 218 g/mol. The van der Waals surface area contributed by atoms with Crippen LogP contribution in [0.1, 0.15) is 48.7 Å². The maximum absolute atomic E-state index is 11.6. The molecule has 86 valence electrons. The Morgan fingerprint density at radius 2 is 1.94 bits per heavy atom. The van der Waals surface area contributed by atoms with Gasteiger partial charge in [0.1, 0.15) is 6.29 Å². The van der Waals surface area contributed by atoms with Crippen molar-refractivity contribution in [1.29, 1.82) is 0 Å². The zero-order valence-electron chi connectivity index (χ0n) is 10.3. The third-order valence-electron chi connectivity index (χ3n) is 2.66. The molecule has 0 aliphatic rings. The summed E-state index contributed by atoms with van der Waals surface area (Å²) in [6.07, 6.45) is 0.620. The van der Waals surface area contributed by atoms with Gasteiger partial charge in [-0.3, -0.25) is 4.79 Å². The van der Waals surface area contributed by atoms with E-state index in [1.807, 2.05) is 25.1 Å². The molecule has 0 N–H and O–H groups in total. The third kappa shape index (κ3) is 2.78. The molecule has 1 rings (SSSR count). The maximum atomic E-state index is 11.6. The third-order valence-corrected chi connectivity index (χ3v) is 2.66. The van der Waals surface area contributed by atoms with Crippen molar-refractivity contribution < 1.29 is 9.59 Å². The Kier molecular flexibility index (Phi) is 3.63. The lowest BCUT2D eigenvalue weighted by molar-refractivity contribution is -0.107. The Hall–Kier alpha value is -1.44. The van der Waals surface area contributed by atoms with Crippen LogP contribution in [0.2, 0.25) is 0 Å². The van der Waals surface area contributed by atoms with Crippen molar-refractivity contribution in [2.45, 2.75) is 39.5 Å². The normalized spacial score (nSPS) is 11.2. The number of benzene rings is 1. The highest BCUT2D eigenvalue weighted by molar-refractivity contribution is 6.03. The van der Waals surface area contributed by atoms with Gasteiger partial charge in [0.25, 0.3) is 0 Å². The molecule has 0 saturated carbocycles. The summed E-state index contributed by atoms with van der Waals surface area (Å²) in [5.74, 6) is -0.104. The molecule has 0 atom stereocenters. The zero-order chi connectivity index (χ0) is 12.3. The van der Waals surface area contributed by atoms with Crippen LogP contribution in [0.4, 0.5) is 0 Å². The first-order chi connectivity index (χ1) is 7.36. The van der Waals surface area contributed by atoms with E-state index in [-0.39, 0.29) is 17.6 Å². The number of aryl methyl sites for hydroxylation is 1. The molecule has 0 bridgehead atoms. The summed E-state index contributed by atoms with van der Waals surface area (Å²) in [6, 6.07) is 5.81. The van der Waals surface area contributed by atoms with Crippen molar-refractivity contribution in [3.8, 4) is 0 Å². The van der Waals surface area contributed by atoms with Gasteiger partial charge in [0.05, 0.1) is 6.42 Å². The van der Waals surface area contributed by atoms with Crippen LogP contribution >= 0.6 is 0 Å². The van der Waals surface area contributed by atoms with Crippen molar-refractivity contribution >= 4 is 12.1 Å². The molecule has 0 unspecified atom stereocenters. The summed E-state index contributed by atoms with van der Waals surface area (Å²) in [7, 11) is 0. The Balaban J connectivity index is 3.10. The smallest absolute Gasteiger partial charge is 0.170 e. The highest BCUT2D eigenvalue weighted by Crippen LogP contribution is 2.24. The molecule has 16 heavy (non-hydrogen) atoms. The summed E-state index contributed by atoms with van der Waals surface area (Å²) in [5.41, 5.74) is 2.88. The minimum absolute atomic E-state index is 0.0320. The molecular weight excluding hydrogens is 200 g/mol. The van der Waals surface area contributed by atoms with Crippen LogP contribution in [0.5, 0.6) is 0 Å². The van der Waals surface area contributed by atoms with Gasteiger partial charge < -0.3 is 4.79 Å². The maximum Gasteiger partial charge on any atom is 0.170 e. The number of rotatable bonds is 3. The molecule has 1 aromatic rings. The number of Topliss-reactive ketones (excluding diaryl/α,β-unsaturated/α-hetero) is 1. The second kappa shape index (κ2) is 4.60. The number of hydrogen-bond acceptors (Lipinski definition) is 2. The lowest BCUT2D eigenvalue weighted by Crippen LogP contribution is -2.12.